The molecule has 208 valence electrons. The van der Waals surface area contributed by atoms with Crippen molar-refractivity contribution in [1.82, 2.24) is 0 Å². The Balaban J connectivity index is 1.85. The number of aromatic hydroxyl groups is 1. The van der Waals surface area contributed by atoms with Crippen LogP contribution in [0.15, 0.2) is 97.7 Å². The molecule has 0 aliphatic rings. The summed E-state index contributed by atoms with van der Waals surface area (Å²) >= 11 is 0. The highest BCUT2D eigenvalue weighted by Crippen LogP contribution is 2.40. The number of nitrogens with zero attached hydrogens (tertiary/aromatic N) is 3. The van der Waals surface area contributed by atoms with Gasteiger partial charge in [0.25, 0.3) is 15.7 Å². The Hall–Kier alpha value is -4.45. The zero-order chi connectivity index (χ0) is 29.5. The molecule has 4 N–H and O–H groups in total. The number of sulfone groups is 1. The highest BCUT2D eigenvalue weighted by Gasteiger charge is 2.21. The van der Waals surface area contributed by atoms with Gasteiger partial charge < -0.3 is 5.11 Å². The number of nitro benzene ring substituents is 1. The lowest BCUT2D eigenvalue weighted by Gasteiger charge is -2.13. The van der Waals surface area contributed by atoms with E-state index in [0.717, 1.165) is 42.7 Å². The summed E-state index contributed by atoms with van der Waals surface area (Å²) in [4.78, 5) is 9.05. The summed E-state index contributed by atoms with van der Waals surface area (Å²) in [6.07, 6.45) is 0.846. The lowest BCUT2D eigenvalue weighted by Crippen LogP contribution is -2.16. The van der Waals surface area contributed by atoms with Crippen molar-refractivity contribution in [3.8, 4) is 5.75 Å². The van der Waals surface area contributed by atoms with Gasteiger partial charge in [-0.15, -0.1) is 10.2 Å². The summed E-state index contributed by atoms with van der Waals surface area (Å²) in [6.45, 7) is 0. The molecule has 0 aliphatic carbocycles. The molecule has 0 saturated carbocycles. The maximum absolute atomic E-state index is 13.2. The molecule has 0 spiro atoms. The second-order valence-electron chi connectivity index (χ2n) is 8.34. The molecule has 0 saturated heterocycles. The van der Waals surface area contributed by atoms with E-state index in [0.29, 0.717) is 0 Å². The maximum atomic E-state index is 13.2. The fourth-order valence-corrected chi connectivity index (χ4v) is 6.24. The van der Waals surface area contributed by atoms with E-state index in [1.165, 1.54) is 36.4 Å². The number of primary sulfonamides is 1. The van der Waals surface area contributed by atoms with Crippen molar-refractivity contribution in [2.45, 2.75) is 14.7 Å². The molecule has 14 nitrogen and oxygen atoms in total. The van der Waals surface area contributed by atoms with E-state index in [1.54, 1.807) is 0 Å². The number of sulfonamides is 2. The van der Waals surface area contributed by atoms with E-state index >= 15 is 0 Å². The molecule has 0 fully saturated rings. The normalized spacial score (nSPS) is 12.6. The minimum atomic E-state index is -4.39. The SMILES string of the molecule is CS(=O)(=O)c1cc([N+](=O)[O-])ccc1N=Nc1ccc(O)c2cccc(NS(=O)(=O)c3cccc(S(N)(=O)=O)c3)c12. The van der Waals surface area contributed by atoms with Crippen LogP contribution in [0.25, 0.3) is 10.8 Å². The molecule has 0 unspecified atom stereocenters. The number of nitro groups is 1. The van der Waals surface area contributed by atoms with Crippen molar-refractivity contribution in [2.75, 3.05) is 11.0 Å². The first-order valence-electron chi connectivity index (χ1n) is 10.9. The Morgan fingerprint density at radius 3 is 2.12 bits per heavy atom. The summed E-state index contributed by atoms with van der Waals surface area (Å²) in [5.74, 6) is -0.238. The van der Waals surface area contributed by atoms with Gasteiger partial charge in [-0.3, -0.25) is 14.8 Å². The van der Waals surface area contributed by atoms with Gasteiger partial charge in [0.15, 0.2) is 9.84 Å². The quantitative estimate of drug-likeness (QED) is 0.151. The lowest BCUT2D eigenvalue weighted by molar-refractivity contribution is -0.385. The summed E-state index contributed by atoms with van der Waals surface area (Å²) in [6, 6.07) is 14.2. The Bertz CT molecular complexity index is 2040. The minimum Gasteiger partial charge on any atom is -0.507 e. The number of hydrogen-bond acceptors (Lipinski definition) is 11. The van der Waals surface area contributed by atoms with E-state index in [2.05, 4.69) is 15.0 Å². The van der Waals surface area contributed by atoms with E-state index < -0.39 is 55.2 Å². The number of nitrogens with two attached hydrogens (primary N) is 1. The zero-order valence-electron chi connectivity index (χ0n) is 20.3. The first-order chi connectivity index (χ1) is 18.6. The van der Waals surface area contributed by atoms with Crippen molar-refractivity contribution in [3.63, 3.8) is 0 Å². The Labute approximate surface area is 228 Å². The van der Waals surface area contributed by atoms with Crippen LogP contribution in [-0.4, -0.2) is 41.5 Å². The van der Waals surface area contributed by atoms with Crippen molar-refractivity contribution < 1.29 is 35.3 Å². The van der Waals surface area contributed by atoms with Crippen LogP contribution in [0.3, 0.4) is 0 Å². The summed E-state index contributed by atoms with van der Waals surface area (Å²) in [7, 11) is -12.5. The first kappa shape index (κ1) is 28.6. The van der Waals surface area contributed by atoms with Crippen molar-refractivity contribution >= 4 is 63.4 Å². The molecule has 0 atom stereocenters. The molecule has 0 radical (unpaired) electrons. The van der Waals surface area contributed by atoms with Crippen LogP contribution in [0.1, 0.15) is 0 Å². The molecule has 0 aromatic heterocycles. The van der Waals surface area contributed by atoms with Gasteiger partial charge in [0, 0.05) is 29.2 Å². The monoisotopic (exact) mass is 605 g/mol. The van der Waals surface area contributed by atoms with Crippen LogP contribution in [0, 0.1) is 10.1 Å². The van der Waals surface area contributed by atoms with Crippen LogP contribution in [0.2, 0.25) is 0 Å². The van der Waals surface area contributed by atoms with Crippen LogP contribution >= 0.6 is 0 Å². The number of benzene rings is 4. The fraction of sp³-hybridized carbons (Fsp3) is 0.0435. The molecule has 4 aromatic carbocycles. The number of phenolic OH excluding ortho intramolecular Hbond substituents is 1. The van der Waals surface area contributed by atoms with Crippen LogP contribution < -0.4 is 9.86 Å². The van der Waals surface area contributed by atoms with Crippen molar-refractivity contribution in [3.05, 3.63) is 82.9 Å². The first-order valence-corrected chi connectivity index (χ1v) is 15.8. The van der Waals surface area contributed by atoms with E-state index in [-0.39, 0.29) is 33.6 Å². The molecule has 0 bridgehead atoms. The standard InChI is InChI=1S/C23H19N5O9S3/c1-38(32,33)22-12-14(28(30)31)8-9-18(22)25-26-19-10-11-21(29)17-6-3-7-20(23(17)19)27-40(36,37)16-5-2-4-15(13-16)39(24,34)35/h2-13,27,29H,1H3,(H2,24,34,35). The third-order valence-corrected chi connectivity index (χ3v) is 8.90. The third-order valence-electron chi connectivity index (χ3n) is 5.50. The van der Waals surface area contributed by atoms with Gasteiger partial charge in [0.05, 0.1) is 26.1 Å². The van der Waals surface area contributed by atoms with E-state index in [4.69, 9.17) is 5.14 Å². The molecule has 0 aliphatic heterocycles. The Kier molecular flexibility index (Phi) is 7.33. The molecule has 4 aromatic rings. The van der Waals surface area contributed by atoms with Crippen molar-refractivity contribution in [1.29, 1.82) is 0 Å². The predicted octanol–water partition coefficient (Wildman–Crippen LogP) is 3.72. The molecular weight excluding hydrogens is 586 g/mol. The topological polar surface area (TPSA) is 229 Å². The van der Waals surface area contributed by atoms with Crippen LogP contribution in [0.5, 0.6) is 5.75 Å². The summed E-state index contributed by atoms with van der Waals surface area (Å²) in [5, 5.41) is 34.8. The van der Waals surface area contributed by atoms with Crippen LogP contribution in [-0.2, 0) is 29.9 Å². The number of fused-ring (bicyclic) bond motifs is 1. The molecule has 17 heteroatoms. The van der Waals surface area contributed by atoms with Gasteiger partial charge in [-0.1, -0.05) is 18.2 Å². The largest absolute Gasteiger partial charge is 0.507 e. The maximum Gasteiger partial charge on any atom is 0.270 e. The number of azo groups is 1. The van der Waals surface area contributed by atoms with Gasteiger partial charge in [-0.05, 0) is 42.5 Å². The predicted molar refractivity (Wildman–Crippen MR) is 145 cm³/mol. The van der Waals surface area contributed by atoms with E-state index in [9.17, 15) is 40.5 Å². The van der Waals surface area contributed by atoms with Gasteiger partial charge in [-0.2, -0.15) is 0 Å². The number of phenols is 1. The summed E-state index contributed by atoms with van der Waals surface area (Å²) in [5.41, 5.74) is -0.762. The lowest BCUT2D eigenvalue weighted by atomic mass is 10.1. The molecule has 4 rings (SSSR count). The average Bonchev–Trinajstić information content (AvgIpc) is 2.87. The number of non-ortho nitro benzene ring substituents is 1. The Morgan fingerprint density at radius 2 is 1.48 bits per heavy atom. The van der Waals surface area contributed by atoms with E-state index in [1.807, 2.05) is 0 Å². The summed E-state index contributed by atoms with van der Waals surface area (Å²) < 4.78 is 76.5. The highest BCUT2D eigenvalue weighted by atomic mass is 32.2. The fourth-order valence-electron chi connectivity index (χ4n) is 3.67. The number of rotatable bonds is 8. The second-order valence-corrected chi connectivity index (χ2v) is 13.6. The highest BCUT2D eigenvalue weighted by molar-refractivity contribution is 7.93. The number of hydrogen-bond donors (Lipinski definition) is 3. The number of nitrogens with one attached hydrogen (secondary N) is 1. The number of anilines is 1. The Morgan fingerprint density at radius 1 is 0.850 bits per heavy atom. The molecule has 0 amide bonds. The smallest absolute Gasteiger partial charge is 0.270 e. The van der Waals surface area contributed by atoms with Crippen LogP contribution in [0.4, 0.5) is 22.7 Å². The molecule has 40 heavy (non-hydrogen) atoms. The minimum absolute atomic E-state index is 0.00203. The van der Waals surface area contributed by atoms with Gasteiger partial charge in [0.1, 0.15) is 16.3 Å². The third kappa shape index (κ3) is 5.91. The van der Waals surface area contributed by atoms with Crippen molar-refractivity contribution in [2.24, 2.45) is 15.4 Å². The molecule has 0 heterocycles. The van der Waals surface area contributed by atoms with Gasteiger partial charge in [-0.25, -0.2) is 30.4 Å². The zero-order valence-corrected chi connectivity index (χ0v) is 22.7. The molecular formula is C23H19N5O9S3. The second kappa shape index (κ2) is 10.3. The van der Waals surface area contributed by atoms with Gasteiger partial charge in [0.2, 0.25) is 10.0 Å². The van der Waals surface area contributed by atoms with Gasteiger partial charge >= 0.3 is 0 Å². The average molecular weight is 606 g/mol.